The number of para-hydroxylation sites is 1. The number of nitrogens with zero attached hydrogens (tertiary/aromatic N) is 1. The molecule has 0 unspecified atom stereocenters. The Balaban J connectivity index is 2.14. The second kappa shape index (κ2) is 4.81. The van der Waals surface area contributed by atoms with Crippen molar-refractivity contribution >= 4 is 21.7 Å². The molecule has 2 heterocycles. The van der Waals surface area contributed by atoms with Crippen molar-refractivity contribution in [2.75, 3.05) is 17.5 Å². The Morgan fingerprint density at radius 1 is 1.33 bits per heavy atom. The Kier molecular flexibility index (Phi) is 3.09. The summed E-state index contributed by atoms with van der Waals surface area (Å²) in [7, 11) is -3.75. The lowest BCUT2D eigenvalue weighted by Gasteiger charge is -2.30. The van der Waals surface area contributed by atoms with E-state index >= 15 is 0 Å². The molecule has 0 amide bonds. The first-order valence-electron chi connectivity index (χ1n) is 6.16. The van der Waals surface area contributed by atoms with Crippen molar-refractivity contribution in [2.45, 2.75) is 4.90 Å². The van der Waals surface area contributed by atoms with Crippen LogP contribution < -0.4 is 9.04 Å². The van der Waals surface area contributed by atoms with Gasteiger partial charge < -0.3 is 14.8 Å². The summed E-state index contributed by atoms with van der Waals surface area (Å²) in [6, 6.07) is 5.86. The molecule has 1 aromatic carbocycles. The summed E-state index contributed by atoms with van der Waals surface area (Å²) in [5.74, 6) is -1.08. The molecule has 0 fully saturated rings. The molecule has 8 heteroatoms. The van der Waals surface area contributed by atoms with Crippen LogP contribution in [0.15, 0.2) is 41.6 Å². The number of anilines is 1. The number of sulfonamides is 1. The maximum Gasteiger partial charge on any atom is 0.339 e. The molecular formula is C13H12N2O5S. The summed E-state index contributed by atoms with van der Waals surface area (Å²) < 4.78 is 31.7. The lowest BCUT2D eigenvalue weighted by Crippen LogP contribution is -2.38. The van der Waals surface area contributed by atoms with Gasteiger partial charge in [0.25, 0.3) is 10.0 Å². The third-order valence-electron chi connectivity index (χ3n) is 3.19. The van der Waals surface area contributed by atoms with Crippen LogP contribution in [0.5, 0.6) is 5.75 Å². The van der Waals surface area contributed by atoms with E-state index in [-0.39, 0.29) is 35.0 Å². The number of fused-ring (bicyclic) bond motifs is 1. The van der Waals surface area contributed by atoms with Crippen LogP contribution in [0.1, 0.15) is 10.4 Å². The first-order chi connectivity index (χ1) is 10.0. The lowest BCUT2D eigenvalue weighted by molar-refractivity contribution is 0.0692. The van der Waals surface area contributed by atoms with E-state index in [4.69, 9.17) is 9.84 Å². The van der Waals surface area contributed by atoms with Crippen LogP contribution in [0.2, 0.25) is 0 Å². The van der Waals surface area contributed by atoms with Gasteiger partial charge in [-0.2, -0.15) is 0 Å². The van der Waals surface area contributed by atoms with Gasteiger partial charge in [0, 0.05) is 12.4 Å². The SMILES string of the molecule is O=C(O)c1cccc2c1OCCN2S(=O)(=O)c1cc[nH]c1. The molecule has 0 aliphatic carbocycles. The predicted molar refractivity (Wildman–Crippen MR) is 74.2 cm³/mol. The zero-order chi connectivity index (χ0) is 15.0. The number of carboxylic acid groups (broad SMARTS) is 1. The number of aromatic nitrogens is 1. The number of carboxylic acids is 1. The highest BCUT2D eigenvalue weighted by molar-refractivity contribution is 7.92. The van der Waals surface area contributed by atoms with E-state index in [1.54, 1.807) is 0 Å². The van der Waals surface area contributed by atoms with Crippen molar-refractivity contribution in [3.63, 3.8) is 0 Å². The second-order valence-corrected chi connectivity index (χ2v) is 6.29. The summed E-state index contributed by atoms with van der Waals surface area (Å²) in [4.78, 5) is 14.0. The van der Waals surface area contributed by atoms with Crippen molar-refractivity contribution in [1.82, 2.24) is 4.98 Å². The third-order valence-corrected chi connectivity index (χ3v) is 5.00. The van der Waals surface area contributed by atoms with E-state index in [9.17, 15) is 13.2 Å². The molecule has 0 spiro atoms. The van der Waals surface area contributed by atoms with Gasteiger partial charge in [-0.1, -0.05) is 6.07 Å². The average molecular weight is 308 g/mol. The summed E-state index contributed by atoms with van der Waals surface area (Å²) in [5.41, 5.74) is 0.184. The predicted octanol–water partition coefficient (Wildman–Crippen LogP) is 1.30. The molecule has 1 aliphatic heterocycles. The van der Waals surface area contributed by atoms with Gasteiger partial charge in [-0.3, -0.25) is 4.31 Å². The number of rotatable bonds is 3. The monoisotopic (exact) mass is 308 g/mol. The van der Waals surface area contributed by atoms with E-state index in [1.165, 1.54) is 41.0 Å². The fraction of sp³-hybridized carbons (Fsp3) is 0.154. The van der Waals surface area contributed by atoms with Gasteiger partial charge >= 0.3 is 5.97 Å². The highest BCUT2D eigenvalue weighted by Gasteiger charge is 2.32. The minimum atomic E-state index is -3.75. The van der Waals surface area contributed by atoms with Crippen LogP contribution in [0.4, 0.5) is 5.69 Å². The Bertz CT molecular complexity index is 783. The topological polar surface area (TPSA) is 99.7 Å². The minimum absolute atomic E-state index is 0.0542. The summed E-state index contributed by atoms with van der Waals surface area (Å²) in [5, 5.41) is 9.16. The molecule has 110 valence electrons. The third kappa shape index (κ3) is 2.13. The molecule has 0 saturated heterocycles. The number of ether oxygens (including phenoxy) is 1. The number of nitrogens with one attached hydrogen (secondary N) is 1. The van der Waals surface area contributed by atoms with Crippen molar-refractivity contribution in [3.8, 4) is 5.75 Å². The molecule has 2 aromatic rings. The lowest BCUT2D eigenvalue weighted by atomic mass is 10.1. The molecule has 0 atom stereocenters. The zero-order valence-electron chi connectivity index (χ0n) is 10.8. The highest BCUT2D eigenvalue weighted by Crippen LogP contribution is 2.37. The van der Waals surface area contributed by atoms with E-state index < -0.39 is 16.0 Å². The standard InChI is InChI=1S/C13H12N2O5S/c16-13(17)10-2-1-3-11-12(10)20-7-6-15(11)21(18,19)9-4-5-14-8-9/h1-5,8,14H,6-7H2,(H,16,17). The fourth-order valence-corrected chi connectivity index (χ4v) is 3.67. The molecular weight excluding hydrogens is 296 g/mol. The van der Waals surface area contributed by atoms with Crippen LogP contribution >= 0.6 is 0 Å². The normalized spacial score (nSPS) is 14.4. The molecule has 0 radical (unpaired) electrons. The molecule has 0 saturated carbocycles. The summed E-state index contributed by atoms with van der Waals surface area (Å²) in [6.07, 6.45) is 2.90. The molecule has 0 bridgehead atoms. The van der Waals surface area contributed by atoms with Gasteiger partial charge in [-0.05, 0) is 18.2 Å². The van der Waals surface area contributed by atoms with Crippen LogP contribution in [-0.4, -0.2) is 37.6 Å². The molecule has 2 N–H and O–H groups in total. The van der Waals surface area contributed by atoms with Gasteiger partial charge in [-0.15, -0.1) is 0 Å². The number of carbonyl (C=O) groups is 1. The van der Waals surface area contributed by atoms with Gasteiger partial charge in [0.05, 0.1) is 12.2 Å². The molecule has 1 aliphatic rings. The van der Waals surface area contributed by atoms with Crippen molar-refractivity contribution < 1.29 is 23.1 Å². The minimum Gasteiger partial charge on any atom is -0.489 e. The number of aromatic carboxylic acids is 1. The maximum atomic E-state index is 12.6. The van der Waals surface area contributed by atoms with Gasteiger partial charge in [0.1, 0.15) is 17.1 Å². The first kappa shape index (κ1) is 13.5. The summed E-state index contributed by atoms with van der Waals surface area (Å²) >= 11 is 0. The number of aromatic amines is 1. The Labute approximate surface area is 120 Å². The summed E-state index contributed by atoms with van der Waals surface area (Å²) in [6.45, 7) is 0.227. The van der Waals surface area contributed by atoms with Crippen LogP contribution in [0.3, 0.4) is 0 Å². The zero-order valence-corrected chi connectivity index (χ0v) is 11.6. The molecule has 7 nitrogen and oxygen atoms in total. The number of benzene rings is 1. The largest absolute Gasteiger partial charge is 0.489 e. The van der Waals surface area contributed by atoms with Crippen LogP contribution in [-0.2, 0) is 10.0 Å². The average Bonchev–Trinajstić information content (AvgIpc) is 3.00. The van der Waals surface area contributed by atoms with Crippen molar-refractivity contribution in [1.29, 1.82) is 0 Å². The molecule has 1 aromatic heterocycles. The van der Waals surface area contributed by atoms with Gasteiger partial charge in [0.15, 0.2) is 5.75 Å². The highest BCUT2D eigenvalue weighted by atomic mass is 32.2. The Hall–Kier alpha value is -2.48. The van der Waals surface area contributed by atoms with E-state index in [1.807, 2.05) is 0 Å². The van der Waals surface area contributed by atoms with Gasteiger partial charge in [0.2, 0.25) is 0 Å². The maximum absolute atomic E-state index is 12.6. The van der Waals surface area contributed by atoms with Crippen molar-refractivity contribution in [3.05, 3.63) is 42.2 Å². The quantitative estimate of drug-likeness (QED) is 0.890. The smallest absolute Gasteiger partial charge is 0.339 e. The number of hydrogen-bond donors (Lipinski definition) is 2. The number of hydrogen-bond acceptors (Lipinski definition) is 4. The number of H-pyrrole nitrogens is 1. The Morgan fingerprint density at radius 2 is 2.14 bits per heavy atom. The molecule has 21 heavy (non-hydrogen) atoms. The second-order valence-electron chi connectivity index (χ2n) is 4.43. The fourth-order valence-electron chi connectivity index (χ4n) is 2.24. The van der Waals surface area contributed by atoms with Crippen LogP contribution in [0, 0.1) is 0 Å². The Morgan fingerprint density at radius 3 is 2.81 bits per heavy atom. The van der Waals surface area contributed by atoms with E-state index in [0.29, 0.717) is 0 Å². The van der Waals surface area contributed by atoms with Crippen LogP contribution in [0.25, 0.3) is 0 Å². The first-order valence-corrected chi connectivity index (χ1v) is 7.60. The molecule has 3 rings (SSSR count). The van der Waals surface area contributed by atoms with Gasteiger partial charge in [-0.25, -0.2) is 13.2 Å². The van der Waals surface area contributed by atoms with Crippen molar-refractivity contribution in [2.24, 2.45) is 0 Å². The van der Waals surface area contributed by atoms with E-state index in [0.717, 1.165) is 0 Å². The van der Waals surface area contributed by atoms with E-state index in [2.05, 4.69) is 4.98 Å².